The van der Waals surface area contributed by atoms with Gasteiger partial charge in [-0.15, -0.1) is 0 Å². The van der Waals surface area contributed by atoms with E-state index < -0.39 is 5.82 Å². The predicted octanol–water partition coefficient (Wildman–Crippen LogP) is 4.61. The number of fused-ring (bicyclic) bond motifs is 1. The minimum atomic E-state index is -0.446. The maximum atomic E-state index is 14.8. The Balaban J connectivity index is 1.54. The number of piperidine rings is 1. The fourth-order valence-corrected chi connectivity index (χ4v) is 4.39. The molecule has 0 N–H and O–H groups in total. The number of para-hydroxylation sites is 1. The number of likely N-dealkylation sites (tertiary alicyclic amines) is 1. The number of benzene rings is 2. The minimum Gasteiger partial charge on any atom is -0.491 e. The van der Waals surface area contributed by atoms with Crippen molar-refractivity contribution >= 4 is 10.9 Å². The summed E-state index contributed by atoms with van der Waals surface area (Å²) in [5.41, 5.74) is 1.67. The number of methoxy groups -OCH3 is 1. The quantitative estimate of drug-likeness (QED) is 0.520. The van der Waals surface area contributed by atoms with Crippen molar-refractivity contribution in [1.29, 1.82) is 0 Å². The summed E-state index contributed by atoms with van der Waals surface area (Å²) in [6.07, 6.45) is 4.71. The topological polar surface area (TPSA) is 43.7 Å². The SMILES string of the molecule is COc1c(-c2ccc(OCCCN3CCCCC3)c(F)c2)n(C)c2ccccc2c1=O. The molecule has 31 heavy (non-hydrogen) atoms. The van der Waals surface area contributed by atoms with Crippen LogP contribution >= 0.6 is 0 Å². The lowest BCUT2D eigenvalue weighted by Gasteiger charge is -2.26. The van der Waals surface area contributed by atoms with Crippen LogP contribution in [0.4, 0.5) is 4.39 Å². The molecule has 0 unspecified atom stereocenters. The van der Waals surface area contributed by atoms with Crippen molar-refractivity contribution in [3.05, 3.63) is 58.5 Å². The molecule has 0 radical (unpaired) electrons. The van der Waals surface area contributed by atoms with E-state index in [1.165, 1.54) is 32.4 Å². The fraction of sp³-hybridized carbons (Fsp3) is 0.400. The van der Waals surface area contributed by atoms with Gasteiger partial charge in [0.25, 0.3) is 0 Å². The summed E-state index contributed by atoms with van der Waals surface area (Å²) in [6.45, 7) is 3.76. The van der Waals surface area contributed by atoms with Crippen molar-refractivity contribution < 1.29 is 13.9 Å². The molecule has 0 atom stereocenters. The summed E-state index contributed by atoms with van der Waals surface area (Å²) in [5.74, 6) is -0.0129. The largest absolute Gasteiger partial charge is 0.491 e. The van der Waals surface area contributed by atoms with Crippen LogP contribution in [0, 0.1) is 5.82 Å². The molecule has 2 aromatic carbocycles. The van der Waals surface area contributed by atoms with Crippen molar-refractivity contribution in [1.82, 2.24) is 9.47 Å². The standard InChI is InChI=1S/C25H29FN2O3/c1-27-21-10-5-4-9-19(21)24(29)25(30-2)23(27)18-11-12-22(20(26)17-18)31-16-8-15-28-13-6-3-7-14-28/h4-5,9-12,17H,3,6-8,13-16H2,1-2H3. The minimum absolute atomic E-state index is 0.204. The lowest BCUT2D eigenvalue weighted by molar-refractivity contribution is 0.203. The monoisotopic (exact) mass is 424 g/mol. The summed E-state index contributed by atoms with van der Waals surface area (Å²) >= 11 is 0. The van der Waals surface area contributed by atoms with Gasteiger partial charge in [0.05, 0.1) is 24.9 Å². The first kappa shape index (κ1) is 21.4. The highest BCUT2D eigenvalue weighted by molar-refractivity contribution is 5.85. The molecule has 0 bridgehead atoms. The summed E-state index contributed by atoms with van der Waals surface area (Å²) in [4.78, 5) is 15.3. The second-order valence-electron chi connectivity index (χ2n) is 8.04. The van der Waals surface area contributed by atoms with Crippen LogP contribution in [0.2, 0.25) is 0 Å². The molecule has 3 aromatic rings. The van der Waals surface area contributed by atoms with Gasteiger partial charge in [-0.25, -0.2) is 4.39 Å². The second kappa shape index (κ2) is 9.52. The number of halogens is 1. The molecule has 5 nitrogen and oxygen atoms in total. The van der Waals surface area contributed by atoms with Gasteiger partial charge >= 0.3 is 0 Å². The Morgan fingerprint density at radius 1 is 1.06 bits per heavy atom. The Bertz CT molecular complexity index is 1120. The number of hydrogen-bond acceptors (Lipinski definition) is 4. The van der Waals surface area contributed by atoms with E-state index in [9.17, 15) is 9.18 Å². The third kappa shape index (κ3) is 4.44. The fourth-order valence-electron chi connectivity index (χ4n) is 4.39. The number of aromatic nitrogens is 1. The predicted molar refractivity (Wildman–Crippen MR) is 122 cm³/mol. The highest BCUT2D eigenvalue weighted by atomic mass is 19.1. The van der Waals surface area contributed by atoms with E-state index in [-0.39, 0.29) is 16.9 Å². The van der Waals surface area contributed by atoms with Crippen LogP contribution in [0.25, 0.3) is 22.2 Å². The zero-order chi connectivity index (χ0) is 21.8. The number of aryl methyl sites for hydroxylation is 1. The molecule has 1 aliphatic heterocycles. The zero-order valence-electron chi connectivity index (χ0n) is 18.2. The second-order valence-corrected chi connectivity index (χ2v) is 8.04. The van der Waals surface area contributed by atoms with E-state index in [1.807, 2.05) is 29.8 Å². The van der Waals surface area contributed by atoms with E-state index in [0.717, 1.165) is 31.6 Å². The normalized spacial score (nSPS) is 14.7. The molecule has 1 fully saturated rings. The van der Waals surface area contributed by atoms with Crippen molar-refractivity contribution in [2.24, 2.45) is 7.05 Å². The Hall–Kier alpha value is -2.86. The van der Waals surface area contributed by atoms with Gasteiger partial charge in [0.15, 0.2) is 17.3 Å². The van der Waals surface area contributed by atoms with E-state index in [2.05, 4.69) is 4.90 Å². The first-order valence-electron chi connectivity index (χ1n) is 10.9. The van der Waals surface area contributed by atoms with Gasteiger partial charge in [-0.05, 0) is 62.7 Å². The van der Waals surface area contributed by atoms with Gasteiger partial charge in [0, 0.05) is 24.5 Å². The third-order valence-corrected chi connectivity index (χ3v) is 6.00. The van der Waals surface area contributed by atoms with Gasteiger partial charge in [0.1, 0.15) is 0 Å². The molecule has 0 aliphatic carbocycles. The first-order chi connectivity index (χ1) is 15.1. The average Bonchev–Trinajstić information content (AvgIpc) is 2.80. The van der Waals surface area contributed by atoms with Crippen LogP contribution < -0.4 is 14.9 Å². The van der Waals surface area contributed by atoms with Crippen LogP contribution in [0.15, 0.2) is 47.3 Å². The molecule has 4 rings (SSSR count). The molecule has 1 aliphatic rings. The summed E-state index contributed by atoms with van der Waals surface area (Å²) in [5, 5.41) is 0.569. The zero-order valence-corrected chi connectivity index (χ0v) is 18.2. The lowest BCUT2D eigenvalue weighted by atomic mass is 10.1. The van der Waals surface area contributed by atoms with E-state index in [4.69, 9.17) is 9.47 Å². The number of nitrogens with zero attached hydrogens (tertiary/aromatic N) is 2. The Kier molecular flexibility index (Phi) is 6.56. The van der Waals surface area contributed by atoms with Crippen molar-refractivity contribution in [3.63, 3.8) is 0 Å². The van der Waals surface area contributed by atoms with Crippen molar-refractivity contribution in [2.75, 3.05) is 33.4 Å². The van der Waals surface area contributed by atoms with Crippen LogP contribution in [0.3, 0.4) is 0 Å². The molecule has 2 heterocycles. The smallest absolute Gasteiger partial charge is 0.231 e. The van der Waals surface area contributed by atoms with Gasteiger partial charge in [-0.3, -0.25) is 4.79 Å². The number of pyridine rings is 1. The van der Waals surface area contributed by atoms with Gasteiger partial charge < -0.3 is 18.9 Å². The molecule has 1 aromatic heterocycles. The summed E-state index contributed by atoms with van der Waals surface area (Å²) in [7, 11) is 3.31. The summed E-state index contributed by atoms with van der Waals surface area (Å²) in [6, 6.07) is 12.1. The molecular weight excluding hydrogens is 395 g/mol. The number of ether oxygens (including phenoxy) is 2. The Labute approximate surface area is 182 Å². The highest BCUT2D eigenvalue weighted by Gasteiger charge is 2.19. The summed E-state index contributed by atoms with van der Waals surface area (Å²) < 4.78 is 27.8. The first-order valence-corrected chi connectivity index (χ1v) is 10.9. The molecule has 0 saturated carbocycles. The van der Waals surface area contributed by atoms with Gasteiger partial charge in [-0.1, -0.05) is 18.6 Å². The van der Waals surface area contributed by atoms with E-state index in [0.29, 0.717) is 23.3 Å². The molecule has 6 heteroatoms. The molecule has 0 spiro atoms. The Morgan fingerprint density at radius 2 is 1.84 bits per heavy atom. The molecule has 1 saturated heterocycles. The molecule has 0 amide bonds. The average molecular weight is 425 g/mol. The van der Waals surface area contributed by atoms with Crippen LogP contribution in [-0.4, -0.2) is 42.8 Å². The van der Waals surface area contributed by atoms with E-state index in [1.54, 1.807) is 18.2 Å². The van der Waals surface area contributed by atoms with Crippen LogP contribution in [-0.2, 0) is 7.05 Å². The van der Waals surface area contributed by atoms with E-state index >= 15 is 0 Å². The number of hydrogen-bond donors (Lipinski definition) is 0. The maximum absolute atomic E-state index is 14.8. The Morgan fingerprint density at radius 3 is 2.58 bits per heavy atom. The molecular formula is C25H29FN2O3. The van der Waals surface area contributed by atoms with Crippen LogP contribution in [0.1, 0.15) is 25.7 Å². The van der Waals surface area contributed by atoms with Gasteiger partial charge in [-0.2, -0.15) is 0 Å². The lowest BCUT2D eigenvalue weighted by Crippen LogP contribution is -2.31. The maximum Gasteiger partial charge on any atom is 0.231 e. The van der Waals surface area contributed by atoms with Gasteiger partial charge in [0.2, 0.25) is 5.43 Å². The van der Waals surface area contributed by atoms with Crippen molar-refractivity contribution in [3.8, 4) is 22.8 Å². The third-order valence-electron chi connectivity index (χ3n) is 6.00. The number of rotatable bonds is 7. The molecule has 164 valence electrons. The van der Waals surface area contributed by atoms with Crippen molar-refractivity contribution in [2.45, 2.75) is 25.7 Å². The highest BCUT2D eigenvalue weighted by Crippen LogP contribution is 2.32. The van der Waals surface area contributed by atoms with Crippen LogP contribution in [0.5, 0.6) is 11.5 Å².